The molecular formula is C14H15NO2. The van der Waals surface area contributed by atoms with Gasteiger partial charge >= 0.3 is 0 Å². The smallest absolute Gasteiger partial charge is 0.299 e. The third kappa shape index (κ3) is 2.09. The Morgan fingerprint density at radius 2 is 1.82 bits per heavy atom. The zero-order chi connectivity index (χ0) is 12.4. The highest BCUT2D eigenvalue weighted by molar-refractivity contribution is 5.74. The van der Waals surface area contributed by atoms with Gasteiger partial charge in [0.05, 0.1) is 0 Å². The molecule has 0 N–H and O–H groups in total. The van der Waals surface area contributed by atoms with Crippen molar-refractivity contribution < 1.29 is 9.53 Å². The second kappa shape index (κ2) is 4.45. The fourth-order valence-corrected chi connectivity index (χ4v) is 2.02. The number of ether oxygens (including phenoxy) is 1. The summed E-state index contributed by atoms with van der Waals surface area (Å²) >= 11 is 0. The van der Waals surface area contributed by atoms with E-state index in [2.05, 4.69) is 0 Å². The van der Waals surface area contributed by atoms with Gasteiger partial charge in [0, 0.05) is 18.8 Å². The van der Waals surface area contributed by atoms with Gasteiger partial charge in [0.15, 0.2) is 0 Å². The molecule has 0 atom stereocenters. The van der Waals surface area contributed by atoms with Crippen LogP contribution >= 0.6 is 0 Å². The quantitative estimate of drug-likeness (QED) is 0.758. The van der Waals surface area contributed by atoms with E-state index in [1.54, 1.807) is 0 Å². The van der Waals surface area contributed by atoms with Crippen LogP contribution in [0.25, 0.3) is 11.1 Å². The molecule has 3 nitrogen and oxygen atoms in total. The summed E-state index contributed by atoms with van der Waals surface area (Å²) in [4.78, 5) is 10.5. The molecule has 0 aliphatic rings. The summed E-state index contributed by atoms with van der Waals surface area (Å²) in [5, 5.41) is 0. The van der Waals surface area contributed by atoms with Gasteiger partial charge in [-0.1, -0.05) is 29.8 Å². The Bertz CT molecular complexity index is 538. The molecule has 1 aromatic carbocycles. The molecule has 1 aromatic heterocycles. The van der Waals surface area contributed by atoms with E-state index in [0.717, 1.165) is 16.7 Å². The Kier molecular flexibility index (Phi) is 3.00. The molecule has 0 aliphatic carbocycles. The van der Waals surface area contributed by atoms with Gasteiger partial charge < -0.3 is 9.30 Å². The molecule has 0 spiro atoms. The first kappa shape index (κ1) is 11.5. The van der Waals surface area contributed by atoms with Crippen LogP contribution < -0.4 is 4.74 Å². The first-order valence-electron chi connectivity index (χ1n) is 5.46. The lowest BCUT2D eigenvalue weighted by Gasteiger charge is -2.06. The molecule has 17 heavy (non-hydrogen) atoms. The third-order valence-electron chi connectivity index (χ3n) is 2.82. The SMILES string of the molecule is Cc1ccc(-c2c(C)cn(C)c2OC=O)cc1. The van der Waals surface area contributed by atoms with E-state index < -0.39 is 0 Å². The number of benzene rings is 1. The van der Waals surface area contributed by atoms with Gasteiger partial charge in [-0.25, -0.2) is 0 Å². The van der Waals surface area contributed by atoms with E-state index in [1.165, 1.54) is 5.56 Å². The third-order valence-corrected chi connectivity index (χ3v) is 2.82. The topological polar surface area (TPSA) is 31.2 Å². The summed E-state index contributed by atoms with van der Waals surface area (Å²) in [5.74, 6) is 0.585. The molecular weight excluding hydrogens is 214 g/mol. The van der Waals surface area contributed by atoms with E-state index in [9.17, 15) is 4.79 Å². The summed E-state index contributed by atoms with van der Waals surface area (Å²) in [7, 11) is 1.86. The molecule has 0 bridgehead atoms. The molecule has 2 rings (SSSR count). The number of rotatable bonds is 3. The molecule has 0 fully saturated rings. The second-order valence-electron chi connectivity index (χ2n) is 4.18. The maximum atomic E-state index is 10.5. The van der Waals surface area contributed by atoms with Gasteiger partial charge in [-0.15, -0.1) is 0 Å². The van der Waals surface area contributed by atoms with Crippen LogP contribution in [-0.2, 0) is 11.8 Å². The number of nitrogens with zero attached hydrogens (tertiary/aromatic N) is 1. The van der Waals surface area contributed by atoms with Gasteiger partial charge in [-0.2, -0.15) is 0 Å². The number of carbonyl (C=O) groups is 1. The summed E-state index contributed by atoms with van der Waals surface area (Å²) in [6.07, 6.45) is 1.95. The van der Waals surface area contributed by atoms with E-state index in [0.29, 0.717) is 12.4 Å². The molecule has 0 aliphatic heterocycles. The van der Waals surface area contributed by atoms with Crippen molar-refractivity contribution in [3.05, 3.63) is 41.6 Å². The van der Waals surface area contributed by atoms with Crippen LogP contribution in [0.3, 0.4) is 0 Å². The van der Waals surface area contributed by atoms with Crippen molar-refractivity contribution in [2.45, 2.75) is 13.8 Å². The minimum atomic E-state index is 0.465. The fraction of sp³-hybridized carbons (Fsp3) is 0.214. The average Bonchev–Trinajstić information content (AvgIpc) is 2.56. The van der Waals surface area contributed by atoms with Crippen LogP contribution in [0.2, 0.25) is 0 Å². The lowest BCUT2D eigenvalue weighted by atomic mass is 10.0. The Hall–Kier alpha value is -2.03. The first-order valence-corrected chi connectivity index (χ1v) is 5.46. The number of hydrogen-bond acceptors (Lipinski definition) is 2. The minimum Gasteiger partial charge on any atom is -0.411 e. The molecule has 3 heteroatoms. The van der Waals surface area contributed by atoms with Gasteiger partial charge in [-0.05, 0) is 25.0 Å². The van der Waals surface area contributed by atoms with Crippen molar-refractivity contribution in [3.8, 4) is 17.0 Å². The monoisotopic (exact) mass is 229 g/mol. The zero-order valence-electron chi connectivity index (χ0n) is 10.2. The molecule has 0 saturated heterocycles. The predicted molar refractivity (Wildman–Crippen MR) is 67.0 cm³/mol. The summed E-state index contributed by atoms with van der Waals surface area (Å²) in [5.41, 5.74) is 4.33. The molecule has 1 heterocycles. The highest BCUT2D eigenvalue weighted by Gasteiger charge is 2.14. The summed E-state index contributed by atoms with van der Waals surface area (Å²) < 4.78 is 6.87. The van der Waals surface area contributed by atoms with Crippen LogP contribution in [0.1, 0.15) is 11.1 Å². The van der Waals surface area contributed by atoms with Crippen molar-refractivity contribution in [3.63, 3.8) is 0 Å². The fourth-order valence-electron chi connectivity index (χ4n) is 2.02. The molecule has 88 valence electrons. The van der Waals surface area contributed by atoms with Crippen molar-refractivity contribution in [2.75, 3.05) is 0 Å². The van der Waals surface area contributed by atoms with Gasteiger partial charge in [-0.3, -0.25) is 4.79 Å². The lowest BCUT2D eigenvalue weighted by molar-refractivity contribution is -0.121. The summed E-state index contributed by atoms with van der Waals surface area (Å²) in [6.45, 7) is 4.52. The Labute approximate surface area is 101 Å². The van der Waals surface area contributed by atoms with E-state index >= 15 is 0 Å². The van der Waals surface area contributed by atoms with Crippen molar-refractivity contribution in [1.29, 1.82) is 0 Å². The van der Waals surface area contributed by atoms with Crippen LogP contribution in [-0.4, -0.2) is 11.0 Å². The van der Waals surface area contributed by atoms with Crippen LogP contribution in [0.4, 0.5) is 0 Å². The number of hydrogen-bond donors (Lipinski definition) is 0. The maximum absolute atomic E-state index is 10.5. The number of aromatic nitrogens is 1. The average molecular weight is 229 g/mol. The number of carbonyl (C=O) groups excluding carboxylic acids is 1. The molecule has 0 amide bonds. The maximum Gasteiger partial charge on any atom is 0.299 e. The van der Waals surface area contributed by atoms with Crippen molar-refractivity contribution in [1.82, 2.24) is 4.57 Å². The lowest BCUT2D eigenvalue weighted by Crippen LogP contribution is -1.96. The second-order valence-corrected chi connectivity index (χ2v) is 4.18. The van der Waals surface area contributed by atoms with Gasteiger partial charge in [0.1, 0.15) is 0 Å². The number of aryl methyl sites for hydroxylation is 3. The Morgan fingerprint density at radius 1 is 1.18 bits per heavy atom. The largest absolute Gasteiger partial charge is 0.411 e. The summed E-state index contributed by atoms with van der Waals surface area (Å²) in [6, 6.07) is 8.17. The normalized spacial score (nSPS) is 10.3. The van der Waals surface area contributed by atoms with E-state index in [-0.39, 0.29) is 0 Å². The zero-order valence-corrected chi connectivity index (χ0v) is 10.2. The molecule has 0 radical (unpaired) electrons. The van der Waals surface area contributed by atoms with E-state index in [1.807, 2.05) is 55.9 Å². The highest BCUT2D eigenvalue weighted by atomic mass is 16.5. The van der Waals surface area contributed by atoms with Crippen molar-refractivity contribution in [2.24, 2.45) is 7.05 Å². The highest BCUT2D eigenvalue weighted by Crippen LogP contribution is 2.34. The molecule has 0 saturated carbocycles. The molecule has 0 unspecified atom stereocenters. The minimum absolute atomic E-state index is 0.465. The van der Waals surface area contributed by atoms with Crippen LogP contribution in [0.15, 0.2) is 30.5 Å². The van der Waals surface area contributed by atoms with Gasteiger partial charge in [0.2, 0.25) is 5.88 Å². The van der Waals surface area contributed by atoms with Crippen molar-refractivity contribution >= 4 is 6.47 Å². The first-order chi connectivity index (χ1) is 8.13. The Balaban J connectivity index is 2.57. The standard InChI is InChI=1S/C14H15NO2/c1-10-4-6-12(7-5-10)13-11(2)8-15(3)14(13)17-9-16/h4-9H,1-3H3. The Morgan fingerprint density at radius 3 is 2.41 bits per heavy atom. The van der Waals surface area contributed by atoms with Gasteiger partial charge in [0.25, 0.3) is 6.47 Å². The van der Waals surface area contributed by atoms with E-state index in [4.69, 9.17) is 4.74 Å². The van der Waals surface area contributed by atoms with Crippen LogP contribution in [0, 0.1) is 13.8 Å². The predicted octanol–water partition coefficient (Wildman–Crippen LogP) is 2.84. The molecule has 2 aromatic rings. The van der Waals surface area contributed by atoms with Crippen LogP contribution in [0.5, 0.6) is 5.88 Å².